The van der Waals surface area contributed by atoms with E-state index in [2.05, 4.69) is 47.7 Å². The quantitative estimate of drug-likeness (QED) is 0.504. The third kappa shape index (κ3) is 2.08. The molecule has 0 saturated carbocycles. The van der Waals surface area contributed by atoms with Crippen molar-refractivity contribution in [2.24, 2.45) is 7.05 Å². The normalized spacial score (nSPS) is 10.6. The van der Waals surface area contributed by atoms with Crippen molar-refractivity contribution in [2.75, 3.05) is 13.1 Å². The molecule has 1 N–H and O–H groups in total. The Bertz CT molecular complexity index is 240. The van der Waals surface area contributed by atoms with Gasteiger partial charge in [0.15, 0.2) is 0 Å². The molecule has 68 valence electrons. The van der Waals surface area contributed by atoms with Crippen LogP contribution in [0.4, 0.5) is 0 Å². The largest absolute Gasteiger partial charge is 0.313 e. The Morgan fingerprint density at radius 2 is 2.33 bits per heavy atom. The van der Waals surface area contributed by atoms with Gasteiger partial charge in [-0.1, -0.05) is 6.92 Å². The number of hydrogen-bond acceptors (Lipinski definition) is 1. The molecule has 1 heterocycles. The molecule has 0 bridgehead atoms. The van der Waals surface area contributed by atoms with E-state index in [0.29, 0.717) is 0 Å². The minimum Gasteiger partial charge on any atom is -0.313 e. The zero-order valence-electron chi connectivity index (χ0n) is 8.17. The molecule has 0 saturated heterocycles. The summed E-state index contributed by atoms with van der Waals surface area (Å²) in [5.74, 6) is 1.30. The van der Waals surface area contributed by atoms with Gasteiger partial charge in [0.1, 0.15) is 18.9 Å². The molecule has 0 aliphatic heterocycles. The van der Waals surface area contributed by atoms with Crippen LogP contribution in [0.1, 0.15) is 12.7 Å². The second-order valence-electron chi connectivity index (χ2n) is 3.00. The maximum atomic E-state index is 3.30. The van der Waals surface area contributed by atoms with Gasteiger partial charge in [-0.25, -0.2) is 9.13 Å². The summed E-state index contributed by atoms with van der Waals surface area (Å²) in [6, 6.07) is 0. The summed E-state index contributed by atoms with van der Waals surface area (Å²) in [5, 5.41) is 3.30. The van der Waals surface area contributed by atoms with Gasteiger partial charge in [0, 0.05) is 13.5 Å². The van der Waals surface area contributed by atoms with Crippen LogP contribution in [-0.4, -0.2) is 17.7 Å². The molecule has 0 aliphatic rings. The molecule has 0 spiro atoms. The second-order valence-corrected chi connectivity index (χ2v) is 3.00. The van der Waals surface area contributed by atoms with Crippen molar-refractivity contribution in [3.05, 3.63) is 18.2 Å². The standard InChI is InChI=1S/C9H18N3/c1-4-10-5-6-12-8-7-11(3)9(12)2/h7-8,10H,4-6H2,1-3H3/q+1. The number of imidazole rings is 1. The van der Waals surface area contributed by atoms with Crippen molar-refractivity contribution >= 4 is 0 Å². The highest BCUT2D eigenvalue weighted by Crippen LogP contribution is 1.90. The third-order valence-corrected chi connectivity index (χ3v) is 2.18. The van der Waals surface area contributed by atoms with Crippen molar-refractivity contribution in [2.45, 2.75) is 20.4 Å². The van der Waals surface area contributed by atoms with Gasteiger partial charge < -0.3 is 5.32 Å². The van der Waals surface area contributed by atoms with E-state index >= 15 is 0 Å². The predicted octanol–water partition coefficient (Wildman–Crippen LogP) is 0.231. The van der Waals surface area contributed by atoms with E-state index in [1.165, 1.54) is 5.82 Å². The Morgan fingerprint density at radius 3 is 2.83 bits per heavy atom. The van der Waals surface area contributed by atoms with E-state index in [1.54, 1.807) is 0 Å². The lowest BCUT2D eigenvalue weighted by Crippen LogP contribution is -2.30. The molecule has 1 aromatic heterocycles. The van der Waals surface area contributed by atoms with Gasteiger partial charge in [-0.3, -0.25) is 0 Å². The van der Waals surface area contributed by atoms with Crippen LogP contribution in [0.5, 0.6) is 0 Å². The fourth-order valence-electron chi connectivity index (χ4n) is 1.21. The maximum Gasteiger partial charge on any atom is 0.253 e. The average molecular weight is 168 g/mol. The first-order valence-electron chi connectivity index (χ1n) is 4.47. The van der Waals surface area contributed by atoms with Crippen LogP contribution >= 0.6 is 0 Å². The number of aryl methyl sites for hydroxylation is 1. The highest BCUT2D eigenvalue weighted by atomic mass is 15.1. The summed E-state index contributed by atoms with van der Waals surface area (Å²) in [5.41, 5.74) is 0. The number of likely N-dealkylation sites (N-methyl/N-ethyl adjacent to an activating group) is 1. The van der Waals surface area contributed by atoms with Crippen LogP contribution in [0.3, 0.4) is 0 Å². The average Bonchev–Trinajstić information content (AvgIpc) is 2.36. The minimum absolute atomic E-state index is 1.05. The number of rotatable bonds is 4. The summed E-state index contributed by atoms with van der Waals surface area (Å²) in [4.78, 5) is 0. The highest BCUT2D eigenvalue weighted by Gasteiger charge is 2.06. The third-order valence-electron chi connectivity index (χ3n) is 2.18. The molecule has 0 fully saturated rings. The van der Waals surface area contributed by atoms with Crippen molar-refractivity contribution in [1.29, 1.82) is 0 Å². The molecule has 0 amide bonds. The van der Waals surface area contributed by atoms with Gasteiger partial charge in [-0.2, -0.15) is 0 Å². The molecular formula is C9H18N3+. The number of nitrogens with zero attached hydrogens (tertiary/aromatic N) is 2. The summed E-state index contributed by atoms with van der Waals surface area (Å²) in [6.07, 6.45) is 4.20. The Morgan fingerprint density at radius 1 is 1.58 bits per heavy atom. The Hall–Kier alpha value is -0.830. The van der Waals surface area contributed by atoms with Crippen LogP contribution in [0.25, 0.3) is 0 Å². The highest BCUT2D eigenvalue weighted by molar-refractivity contribution is 4.79. The lowest BCUT2D eigenvalue weighted by molar-refractivity contribution is -0.677. The van der Waals surface area contributed by atoms with Crippen LogP contribution in [-0.2, 0) is 13.6 Å². The fourth-order valence-corrected chi connectivity index (χ4v) is 1.21. The second kappa shape index (κ2) is 4.26. The first-order chi connectivity index (χ1) is 5.75. The summed E-state index contributed by atoms with van der Waals surface area (Å²) in [6.45, 7) is 7.41. The minimum atomic E-state index is 1.05. The monoisotopic (exact) mass is 168 g/mol. The van der Waals surface area contributed by atoms with Crippen molar-refractivity contribution in [3.63, 3.8) is 0 Å². The van der Waals surface area contributed by atoms with Gasteiger partial charge in [-0.15, -0.1) is 0 Å². The molecule has 0 aliphatic carbocycles. The number of hydrogen-bond donors (Lipinski definition) is 1. The van der Waals surface area contributed by atoms with E-state index in [9.17, 15) is 0 Å². The molecular weight excluding hydrogens is 150 g/mol. The van der Waals surface area contributed by atoms with Crippen molar-refractivity contribution in [1.82, 2.24) is 9.88 Å². The van der Waals surface area contributed by atoms with Gasteiger partial charge >= 0.3 is 0 Å². The summed E-state index contributed by atoms with van der Waals surface area (Å²) in [7, 11) is 2.07. The van der Waals surface area contributed by atoms with Gasteiger partial charge in [-0.05, 0) is 6.54 Å². The van der Waals surface area contributed by atoms with Crippen LogP contribution in [0.15, 0.2) is 12.4 Å². The molecule has 0 atom stereocenters. The number of aromatic nitrogens is 2. The predicted molar refractivity (Wildman–Crippen MR) is 48.9 cm³/mol. The Balaban J connectivity index is 2.46. The maximum absolute atomic E-state index is 3.30. The Labute approximate surface area is 74.0 Å². The molecule has 0 radical (unpaired) electrons. The molecule has 1 rings (SSSR count). The molecule has 12 heavy (non-hydrogen) atoms. The molecule has 3 heteroatoms. The molecule has 0 aromatic carbocycles. The SMILES string of the molecule is CCNCCn1cc[n+](C)c1C. The van der Waals surface area contributed by atoms with Gasteiger partial charge in [0.25, 0.3) is 5.82 Å². The number of nitrogens with one attached hydrogen (secondary N) is 1. The zero-order valence-corrected chi connectivity index (χ0v) is 8.17. The zero-order chi connectivity index (χ0) is 8.97. The lowest BCUT2D eigenvalue weighted by atomic mass is 10.5. The molecule has 1 aromatic rings. The van der Waals surface area contributed by atoms with E-state index in [4.69, 9.17) is 0 Å². The van der Waals surface area contributed by atoms with Crippen LogP contribution in [0.2, 0.25) is 0 Å². The molecule has 0 unspecified atom stereocenters. The van der Waals surface area contributed by atoms with E-state index in [1.807, 2.05) is 0 Å². The van der Waals surface area contributed by atoms with Gasteiger partial charge in [0.05, 0.1) is 7.05 Å². The van der Waals surface area contributed by atoms with E-state index < -0.39 is 0 Å². The lowest BCUT2D eigenvalue weighted by Gasteiger charge is -1.99. The van der Waals surface area contributed by atoms with Gasteiger partial charge in [0.2, 0.25) is 0 Å². The van der Waals surface area contributed by atoms with Crippen molar-refractivity contribution < 1.29 is 4.57 Å². The smallest absolute Gasteiger partial charge is 0.253 e. The topological polar surface area (TPSA) is 20.8 Å². The fraction of sp³-hybridized carbons (Fsp3) is 0.667. The van der Waals surface area contributed by atoms with E-state index in [-0.39, 0.29) is 0 Å². The summed E-state index contributed by atoms with van der Waals surface area (Å²) >= 11 is 0. The first kappa shape index (κ1) is 9.26. The summed E-state index contributed by atoms with van der Waals surface area (Å²) < 4.78 is 4.38. The van der Waals surface area contributed by atoms with Crippen LogP contribution in [0, 0.1) is 6.92 Å². The Kier molecular flexibility index (Phi) is 3.29. The first-order valence-corrected chi connectivity index (χ1v) is 4.47. The van der Waals surface area contributed by atoms with Crippen molar-refractivity contribution in [3.8, 4) is 0 Å². The van der Waals surface area contributed by atoms with Crippen LogP contribution < -0.4 is 9.88 Å². The molecule has 3 nitrogen and oxygen atoms in total. The van der Waals surface area contributed by atoms with E-state index in [0.717, 1.165) is 19.6 Å².